The van der Waals surface area contributed by atoms with Crippen LogP contribution in [0.1, 0.15) is 22.7 Å². The first-order valence-electron chi connectivity index (χ1n) is 14.8. The second-order valence-electron chi connectivity index (χ2n) is 11.3. The molecule has 204 valence electrons. The normalized spacial score (nSPS) is 14.6. The SMILES string of the molecule is Cc1cnccc1C1=CC=CC(c2cccc(-c3c4ccccc4c(-c4ccc5ccccc5c4)c4ccccc34)c2)N1. The fraction of sp³-hybridized carbons (Fsp3) is 0.0488. The summed E-state index contributed by atoms with van der Waals surface area (Å²) in [5, 5.41) is 11.4. The van der Waals surface area contributed by atoms with Crippen molar-refractivity contribution in [1.29, 1.82) is 0 Å². The first-order valence-corrected chi connectivity index (χ1v) is 14.8. The zero-order valence-electron chi connectivity index (χ0n) is 24.0. The summed E-state index contributed by atoms with van der Waals surface area (Å²) in [6.45, 7) is 2.11. The van der Waals surface area contributed by atoms with E-state index >= 15 is 0 Å². The number of nitrogens with one attached hydrogen (secondary N) is 1. The van der Waals surface area contributed by atoms with Crippen LogP contribution in [0.2, 0.25) is 0 Å². The molecule has 0 aliphatic carbocycles. The number of aryl methyl sites for hydroxylation is 1. The Morgan fingerprint density at radius 3 is 1.95 bits per heavy atom. The van der Waals surface area contributed by atoms with Gasteiger partial charge in [-0.3, -0.25) is 4.98 Å². The van der Waals surface area contributed by atoms with Crippen LogP contribution < -0.4 is 5.32 Å². The molecule has 0 bridgehead atoms. The number of fused-ring (bicyclic) bond motifs is 3. The third-order valence-electron chi connectivity index (χ3n) is 8.69. The molecule has 7 aromatic rings. The summed E-state index contributed by atoms with van der Waals surface area (Å²) in [5.74, 6) is 0. The van der Waals surface area contributed by atoms with Crippen LogP contribution in [0.3, 0.4) is 0 Å². The summed E-state index contributed by atoms with van der Waals surface area (Å²) in [5.41, 5.74) is 9.73. The lowest BCUT2D eigenvalue weighted by molar-refractivity contribution is 0.763. The molecule has 0 amide bonds. The fourth-order valence-electron chi connectivity index (χ4n) is 6.65. The first kappa shape index (κ1) is 25.3. The third-order valence-corrected chi connectivity index (χ3v) is 8.69. The lowest BCUT2D eigenvalue weighted by Gasteiger charge is -2.24. The van der Waals surface area contributed by atoms with Crippen molar-refractivity contribution >= 4 is 38.0 Å². The van der Waals surface area contributed by atoms with Gasteiger partial charge in [-0.05, 0) is 96.9 Å². The van der Waals surface area contributed by atoms with E-state index in [9.17, 15) is 0 Å². The largest absolute Gasteiger partial charge is 0.374 e. The van der Waals surface area contributed by atoms with Crippen LogP contribution in [0.15, 0.2) is 152 Å². The number of allylic oxidation sites excluding steroid dienone is 2. The van der Waals surface area contributed by atoms with Crippen molar-refractivity contribution in [3.05, 3.63) is 169 Å². The van der Waals surface area contributed by atoms with Crippen molar-refractivity contribution in [2.45, 2.75) is 13.0 Å². The maximum atomic E-state index is 4.28. The molecule has 8 rings (SSSR count). The molecule has 1 N–H and O–H groups in total. The lowest BCUT2D eigenvalue weighted by Crippen LogP contribution is -2.21. The molecule has 6 aromatic carbocycles. The number of hydrogen-bond donors (Lipinski definition) is 1. The highest BCUT2D eigenvalue weighted by molar-refractivity contribution is 6.21. The second kappa shape index (κ2) is 10.4. The molecular formula is C41H30N2. The van der Waals surface area contributed by atoms with Crippen LogP contribution in [0.25, 0.3) is 60.3 Å². The van der Waals surface area contributed by atoms with Gasteiger partial charge in [-0.1, -0.05) is 115 Å². The zero-order chi connectivity index (χ0) is 28.8. The Hall–Kier alpha value is -5.47. The molecule has 0 radical (unpaired) electrons. The Bertz CT molecular complexity index is 2180. The van der Waals surface area contributed by atoms with Gasteiger partial charge in [0, 0.05) is 23.7 Å². The Kier molecular flexibility index (Phi) is 6.12. The van der Waals surface area contributed by atoms with E-state index in [-0.39, 0.29) is 6.04 Å². The molecule has 1 aromatic heterocycles. The van der Waals surface area contributed by atoms with E-state index in [0.717, 1.165) is 11.3 Å². The smallest absolute Gasteiger partial charge is 0.0701 e. The van der Waals surface area contributed by atoms with E-state index in [1.54, 1.807) is 0 Å². The lowest BCUT2D eigenvalue weighted by atomic mass is 9.85. The number of pyridine rings is 1. The molecule has 2 heteroatoms. The number of rotatable bonds is 4. The van der Waals surface area contributed by atoms with Crippen LogP contribution >= 0.6 is 0 Å². The van der Waals surface area contributed by atoms with E-state index < -0.39 is 0 Å². The highest BCUT2D eigenvalue weighted by Gasteiger charge is 2.19. The number of dihydropyridines is 1. The predicted octanol–water partition coefficient (Wildman–Crippen LogP) is 10.4. The van der Waals surface area contributed by atoms with E-state index in [1.165, 1.54) is 65.7 Å². The van der Waals surface area contributed by atoms with E-state index in [4.69, 9.17) is 0 Å². The van der Waals surface area contributed by atoms with Crippen LogP contribution in [-0.4, -0.2) is 4.98 Å². The van der Waals surface area contributed by atoms with E-state index in [2.05, 4.69) is 157 Å². The van der Waals surface area contributed by atoms with Crippen LogP contribution in [0, 0.1) is 6.92 Å². The van der Waals surface area contributed by atoms with Gasteiger partial charge < -0.3 is 5.32 Å². The maximum Gasteiger partial charge on any atom is 0.0701 e. The Labute approximate surface area is 251 Å². The summed E-state index contributed by atoms with van der Waals surface area (Å²) < 4.78 is 0. The summed E-state index contributed by atoms with van der Waals surface area (Å²) in [6, 6.07) is 44.4. The molecule has 1 atom stereocenters. The Morgan fingerprint density at radius 1 is 0.605 bits per heavy atom. The number of hydrogen-bond acceptors (Lipinski definition) is 2. The molecule has 43 heavy (non-hydrogen) atoms. The summed E-state index contributed by atoms with van der Waals surface area (Å²) >= 11 is 0. The monoisotopic (exact) mass is 550 g/mol. The minimum atomic E-state index is 0.0712. The number of benzene rings is 6. The average molecular weight is 551 g/mol. The topological polar surface area (TPSA) is 24.9 Å². The minimum absolute atomic E-state index is 0.0712. The second-order valence-corrected chi connectivity index (χ2v) is 11.3. The molecule has 0 saturated heterocycles. The van der Waals surface area contributed by atoms with Gasteiger partial charge in [-0.15, -0.1) is 0 Å². The number of nitrogens with zero attached hydrogens (tertiary/aromatic N) is 1. The van der Waals surface area contributed by atoms with Crippen LogP contribution in [0.5, 0.6) is 0 Å². The van der Waals surface area contributed by atoms with Gasteiger partial charge >= 0.3 is 0 Å². The predicted molar refractivity (Wildman–Crippen MR) is 182 cm³/mol. The molecule has 2 heterocycles. The Balaban J connectivity index is 1.29. The molecule has 1 aliphatic heterocycles. The Morgan fingerprint density at radius 2 is 1.26 bits per heavy atom. The van der Waals surface area contributed by atoms with Crippen molar-refractivity contribution < 1.29 is 0 Å². The van der Waals surface area contributed by atoms with Crippen LogP contribution in [-0.2, 0) is 0 Å². The van der Waals surface area contributed by atoms with Crippen LogP contribution in [0.4, 0.5) is 0 Å². The zero-order valence-corrected chi connectivity index (χ0v) is 24.0. The van der Waals surface area contributed by atoms with Gasteiger partial charge in [0.25, 0.3) is 0 Å². The van der Waals surface area contributed by atoms with Gasteiger partial charge in [0.15, 0.2) is 0 Å². The standard InChI is InChI=1S/C41H30N2/c1-27-26-42-23-22-33(27)39-19-9-18-38(43-39)30-12-8-13-31(25-30)40-34-14-4-6-16-36(34)41(37-17-7-5-15-35(37)40)32-21-20-28-10-2-3-11-29(28)24-32/h2-26,38,43H,1H3. The molecule has 0 spiro atoms. The van der Waals surface area contributed by atoms with Crippen molar-refractivity contribution in [1.82, 2.24) is 10.3 Å². The summed E-state index contributed by atoms with van der Waals surface area (Å²) in [7, 11) is 0. The van der Waals surface area contributed by atoms with Crippen molar-refractivity contribution in [2.24, 2.45) is 0 Å². The van der Waals surface area contributed by atoms with E-state index in [1.807, 2.05) is 12.4 Å². The summed E-state index contributed by atoms with van der Waals surface area (Å²) in [6.07, 6.45) is 10.3. The van der Waals surface area contributed by atoms with Gasteiger partial charge in [-0.2, -0.15) is 0 Å². The molecule has 0 saturated carbocycles. The highest BCUT2D eigenvalue weighted by atomic mass is 14.9. The third kappa shape index (κ3) is 4.40. The van der Waals surface area contributed by atoms with E-state index in [0.29, 0.717) is 0 Å². The minimum Gasteiger partial charge on any atom is -0.374 e. The van der Waals surface area contributed by atoms with Crippen molar-refractivity contribution in [3.8, 4) is 22.3 Å². The van der Waals surface area contributed by atoms with Gasteiger partial charge in [0.1, 0.15) is 0 Å². The first-order chi connectivity index (χ1) is 21.2. The van der Waals surface area contributed by atoms with Gasteiger partial charge in [0.2, 0.25) is 0 Å². The molecule has 0 fully saturated rings. The summed E-state index contributed by atoms with van der Waals surface area (Å²) in [4.78, 5) is 4.28. The number of aromatic nitrogens is 1. The van der Waals surface area contributed by atoms with Gasteiger partial charge in [-0.25, -0.2) is 0 Å². The fourth-order valence-corrected chi connectivity index (χ4v) is 6.65. The average Bonchev–Trinajstić information content (AvgIpc) is 3.07. The van der Waals surface area contributed by atoms with Gasteiger partial charge in [0.05, 0.1) is 6.04 Å². The van der Waals surface area contributed by atoms with Crippen molar-refractivity contribution in [2.75, 3.05) is 0 Å². The molecule has 2 nitrogen and oxygen atoms in total. The quantitative estimate of drug-likeness (QED) is 0.221. The maximum absolute atomic E-state index is 4.28. The molecule has 1 unspecified atom stereocenters. The molecule has 1 aliphatic rings. The van der Waals surface area contributed by atoms with Crippen molar-refractivity contribution in [3.63, 3.8) is 0 Å². The highest BCUT2D eigenvalue weighted by Crippen LogP contribution is 2.44. The molecular weight excluding hydrogens is 520 g/mol.